The number of esters is 1. The first-order valence-corrected chi connectivity index (χ1v) is 22.1. The van der Waals surface area contributed by atoms with Crippen molar-refractivity contribution in [2.45, 2.75) is 132 Å². The summed E-state index contributed by atoms with van der Waals surface area (Å²) < 4.78 is 17.4. The lowest BCUT2D eigenvalue weighted by Gasteiger charge is -2.37. The van der Waals surface area contributed by atoms with Crippen LogP contribution in [0.4, 0.5) is 0 Å². The highest BCUT2D eigenvalue weighted by atomic mass is 16.5. The van der Waals surface area contributed by atoms with Gasteiger partial charge in [-0.1, -0.05) is 91.8 Å². The van der Waals surface area contributed by atoms with Gasteiger partial charge in [-0.2, -0.15) is 0 Å². The average Bonchev–Trinajstić information content (AvgIpc) is 3.20. The van der Waals surface area contributed by atoms with E-state index in [0.29, 0.717) is 42.7 Å². The van der Waals surface area contributed by atoms with Crippen molar-refractivity contribution >= 4 is 33.5 Å². The number of hydrogen-bond acceptors (Lipinski definition) is 7. The largest absolute Gasteiger partial charge is 0.490 e. The van der Waals surface area contributed by atoms with Crippen molar-refractivity contribution in [1.82, 2.24) is 10.6 Å². The number of carbonyl (C=O) groups excluding carboxylic acids is 1. The number of nitrogens with one attached hydrogen (secondary N) is 2. The highest BCUT2D eigenvalue weighted by Gasteiger charge is 2.31. The third-order valence-electron chi connectivity index (χ3n) is 12.7. The van der Waals surface area contributed by atoms with Gasteiger partial charge in [0.05, 0.1) is 31.2 Å². The quantitative estimate of drug-likeness (QED) is 0.108. The Balaban J connectivity index is 0.000000224. The molecule has 0 heterocycles. The number of ether oxygens (including phenoxy) is 3. The number of aliphatic carboxylic acids is 1. The van der Waals surface area contributed by atoms with Crippen molar-refractivity contribution < 1.29 is 28.9 Å². The Morgan fingerprint density at radius 1 is 0.593 bits per heavy atom. The summed E-state index contributed by atoms with van der Waals surface area (Å²) in [4.78, 5) is 22.4. The van der Waals surface area contributed by atoms with E-state index in [9.17, 15) is 9.59 Å². The fourth-order valence-electron chi connectivity index (χ4n) is 8.63. The van der Waals surface area contributed by atoms with Crippen LogP contribution in [0.25, 0.3) is 21.5 Å². The molecule has 0 bridgehead atoms. The first-order chi connectivity index (χ1) is 28.0. The summed E-state index contributed by atoms with van der Waals surface area (Å²) in [6.07, 6.45) is 10.2. The molecule has 2 fully saturated rings. The van der Waals surface area contributed by atoms with Gasteiger partial charge in [0.1, 0.15) is 11.5 Å². The molecule has 322 valence electrons. The topological polar surface area (TPSA) is 106 Å². The smallest absolute Gasteiger partial charge is 0.309 e. The summed E-state index contributed by atoms with van der Waals surface area (Å²) >= 11 is 0. The molecule has 0 spiro atoms. The Labute approximate surface area is 354 Å². The zero-order valence-electron chi connectivity index (χ0n) is 37.4. The van der Waals surface area contributed by atoms with E-state index in [1.807, 2.05) is 6.92 Å². The Morgan fingerprint density at radius 2 is 0.966 bits per heavy atom. The molecule has 2 unspecified atom stereocenters. The Morgan fingerprint density at radius 3 is 1.34 bits per heavy atom. The number of hydrogen-bond donors (Lipinski definition) is 3. The lowest BCUT2D eigenvalue weighted by molar-refractivity contribution is -0.144. The van der Waals surface area contributed by atoms with Gasteiger partial charge in [0.25, 0.3) is 0 Å². The summed E-state index contributed by atoms with van der Waals surface area (Å²) in [7, 11) is 1.43. The van der Waals surface area contributed by atoms with E-state index in [1.54, 1.807) is 6.92 Å². The Hall–Kier alpha value is -4.14. The zero-order chi connectivity index (χ0) is 42.7. The van der Waals surface area contributed by atoms with Crippen LogP contribution in [0.5, 0.6) is 11.5 Å². The predicted molar refractivity (Wildman–Crippen MR) is 241 cm³/mol. The van der Waals surface area contributed by atoms with E-state index in [0.717, 1.165) is 61.1 Å². The van der Waals surface area contributed by atoms with Crippen molar-refractivity contribution in [2.75, 3.05) is 20.2 Å². The summed E-state index contributed by atoms with van der Waals surface area (Å²) in [5.41, 5.74) is 3.15. The van der Waals surface area contributed by atoms with Gasteiger partial charge < -0.3 is 30.0 Å². The first kappa shape index (κ1) is 45.9. The molecule has 3 N–H and O–H groups in total. The average molecular weight is 809 g/mol. The third kappa shape index (κ3) is 14.0. The Kier molecular flexibility index (Phi) is 16.3. The number of carboxylic acid groups (broad SMARTS) is 1. The normalized spacial score (nSPS) is 20.9. The monoisotopic (exact) mass is 809 g/mol. The van der Waals surface area contributed by atoms with Crippen molar-refractivity contribution in [2.24, 2.45) is 34.5 Å². The summed E-state index contributed by atoms with van der Waals surface area (Å²) in [5, 5.41) is 20.3. The van der Waals surface area contributed by atoms with Crippen LogP contribution in [0.1, 0.15) is 118 Å². The molecule has 2 aliphatic rings. The molecule has 2 aliphatic carbocycles. The van der Waals surface area contributed by atoms with Gasteiger partial charge in [-0.15, -0.1) is 0 Å². The molecular weight excluding hydrogens is 737 g/mol. The minimum absolute atomic E-state index is 0.145. The van der Waals surface area contributed by atoms with E-state index < -0.39 is 5.97 Å². The van der Waals surface area contributed by atoms with Gasteiger partial charge in [0.15, 0.2) is 0 Å². The maximum atomic E-state index is 11.5. The number of benzene rings is 4. The van der Waals surface area contributed by atoms with Crippen LogP contribution in [0.3, 0.4) is 0 Å². The van der Waals surface area contributed by atoms with E-state index in [-0.39, 0.29) is 17.8 Å². The summed E-state index contributed by atoms with van der Waals surface area (Å²) in [5.74, 6) is 2.05. The van der Waals surface area contributed by atoms with Gasteiger partial charge in [-0.25, -0.2) is 0 Å². The van der Waals surface area contributed by atoms with E-state index >= 15 is 0 Å². The van der Waals surface area contributed by atoms with Crippen molar-refractivity contribution in [3.8, 4) is 11.5 Å². The number of carbonyl (C=O) groups is 2. The van der Waals surface area contributed by atoms with Gasteiger partial charge in [0, 0.05) is 26.2 Å². The molecule has 0 aromatic heterocycles. The zero-order valence-corrected chi connectivity index (χ0v) is 37.4. The number of methoxy groups -OCH3 is 1. The SMILES string of the molecule is CC(CNCc1ccc2cc(OC3CCC(C(C)(C)C)CC3)ccc2c1)C(=O)O.COC(=O)C(C)CNCc1ccc2cc(OC3CCC(C(C)(C)C)CC3)ccc2c1. The van der Waals surface area contributed by atoms with Crippen molar-refractivity contribution in [3.63, 3.8) is 0 Å². The molecular formula is C51H72N2O6. The maximum Gasteiger partial charge on any atom is 0.309 e. The molecule has 4 aromatic rings. The van der Waals surface area contributed by atoms with E-state index in [1.165, 1.54) is 59.9 Å². The minimum Gasteiger partial charge on any atom is -0.490 e. The molecule has 8 nitrogen and oxygen atoms in total. The molecule has 6 rings (SSSR count). The number of rotatable bonds is 14. The van der Waals surface area contributed by atoms with Crippen molar-refractivity contribution in [3.05, 3.63) is 83.9 Å². The second-order valence-electron chi connectivity index (χ2n) is 19.5. The number of fused-ring (bicyclic) bond motifs is 2. The molecule has 59 heavy (non-hydrogen) atoms. The highest BCUT2D eigenvalue weighted by molar-refractivity contribution is 5.85. The van der Waals surface area contributed by atoms with Gasteiger partial charge in [0.2, 0.25) is 0 Å². The fourth-order valence-corrected chi connectivity index (χ4v) is 8.63. The van der Waals surface area contributed by atoms with Gasteiger partial charge in [-0.05, 0) is 143 Å². The molecule has 2 saturated carbocycles. The van der Waals surface area contributed by atoms with E-state index in [4.69, 9.17) is 19.3 Å². The van der Waals surface area contributed by atoms with Crippen LogP contribution in [0, 0.1) is 34.5 Å². The number of carboxylic acids is 1. The second kappa shape index (κ2) is 20.9. The maximum absolute atomic E-state index is 11.5. The first-order valence-electron chi connectivity index (χ1n) is 22.1. The van der Waals surface area contributed by atoms with E-state index in [2.05, 4.69) is 125 Å². The molecule has 0 amide bonds. The molecule has 2 atom stereocenters. The second-order valence-corrected chi connectivity index (χ2v) is 19.5. The fraction of sp³-hybridized carbons (Fsp3) is 0.569. The Bertz CT molecular complexity index is 1960. The molecule has 8 heteroatoms. The summed E-state index contributed by atoms with van der Waals surface area (Å²) in [6, 6.07) is 25.6. The van der Waals surface area contributed by atoms with Crippen LogP contribution in [-0.2, 0) is 27.4 Å². The minimum atomic E-state index is -0.768. The molecule has 0 aliphatic heterocycles. The van der Waals surface area contributed by atoms with Crippen LogP contribution < -0.4 is 20.1 Å². The van der Waals surface area contributed by atoms with Gasteiger partial charge >= 0.3 is 11.9 Å². The van der Waals surface area contributed by atoms with Crippen LogP contribution in [-0.4, -0.2) is 49.5 Å². The summed E-state index contributed by atoms with van der Waals surface area (Å²) in [6.45, 7) is 20.2. The van der Waals surface area contributed by atoms with Crippen LogP contribution >= 0.6 is 0 Å². The third-order valence-corrected chi connectivity index (χ3v) is 12.7. The highest BCUT2D eigenvalue weighted by Crippen LogP contribution is 2.40. The lowest BCUT2D eigenvalue weighted by atomic mass is 9.72. The standard InChI is InChI=1S/C26H37NO3.C25H35NO3/c1-18(25(28)29-5)16-27-17-19-6-7-21-15-24(11-8-20(21)14-19)30-23-12-9-22(10-13-23)26(2,3)4;1-17(24(27)28)15-26-16-18-5-6-20-14-23(10-7-19(20)13-18)29-22-11-8-21(9-12-22)25(2,3)4/h6-8,11,14-15,18,22-23,27H,9-10,12-13,16-17H2,1-5H3;5-7,10,13-14,17,21-22,26H,8-9,11-12,15-16H2,1-4H3,(H,27,28). The van der Waals surface area contributed by atoms with Crippen LogP contribution in [0.15, 0.2) is 72.8 Å². The van der Waals surface area contributed by atoms with Crippen molar-refractivity contribution in [1.29, 1.82) is 0 Å². The van der Waals surface area contributed by atoms with Gasteiger partial charge in [-0.3, -0.25) is 9.59 Å². The predicted octanol–water partition coefficient (Wildman–Crippen LogP) is 11.4. The van der Waals surface area contributed by atoms with Crippen LogP contribution in [0.2, 0.25) is 0 Å². The molecule has 0 radical (unpaired) electrons. The molecule has 0 saturated heterocycles. The lowest BCUT2D eigenvalue weighted by Crippen LogP contribution is -2.30. The molecule has 4 aromatic carbocycles.